The zero-order valence-corrected chi connectivity index (χ0v) is 11.1. The van der Waals surface area contributed by atoms with Gasteiger partial charge in [-0.1, -0.05) is 12.1 Å². The quantitative estimate of drug-likeness (QED) is 0.887. The molecule has 3 rings (SSSR count). The number of rotatable bonds is 5. The molecule has 1 aliphatic carbocycles. The van der Waals surface area contributed by atoms with E-state index in [0.29, 0.717) is 11.9 Å². The van der Waals surface area contributed by atoms with E-state index in [0.717, 1.165) is 12.3 Å². The maximum Gasteiger partial charge on any atom is 0.219 e. The first-order chi connectivity index (χ1) is 9.29. The van der Waals surface area contributed by atoms with Gasteiger partial charge in [-0.25, -0.2) is 4.98 Å². The Morgan fingerprint density at radius 1 is 1.26 bits per heavy atom. The van der Waals surface area contributed by atoms with Crippen molar-refractivity contribution >= 4 is 0 Å². The highest BCUT2D eigenvalue weighted by Crippen LogP contribution is 2.22. The van der Waals surface area contributed by atoms with Crippen molar-refractivity contribution in [1.82, 2.24) is 10.3 Å². The number of hydrogen-bond donors (Lipinski definition) is 1. The highest BCUT2D eigenvalue weighted by Gasteiger charge is 2.19. The van der Waals surface area contributed by atoms with E-state index in [4.69, 9.17) is 4.74 Å². The number of benzene rings is 1. The summed E-state index contributed by atoms with van der Waals surface area (Å²) in [6, 6.07) is 12.7. The number of pyridine rings is 1. The molecular formula is C16H18N2O. The van der Waals surface area contributed by atoms with Gasteiger partial charge < -0.3 is 10.1 Å². The van der Waals surface area contributed by atoms with Gasteiger partial charge in [-0.3, -0.25) is 0 Å². The van der Waals surface area contributed by atoms with E-state index in [2.05, 4.69) is 23.3 Å². The van der Waals surface area contributed by atoms with E-state index < -0.39 is 0 Å². The second kappa shape index (κ2) is 5.41. The van der Waals surface area contributed by atoms with Crippen LogP contribution in [0.2, 0.25) is 0 Å². The van der Waals surface area contributed by atoms with Crippen LogP contribution >= 0.6 is 0 Å². The van der Waals surface area contributed by atoms with Crippen molar-refractivity contribution in [2.45, 2.75) is 32.4 Å². The predicted molar refractivity (Wildman–Crippen MR) is 75.4 cm³/mol. The van der Waals surface area contributed by atoms with Crippen molar-refractivity contribution in [3.63, 3.8) is 0 Å². The SMILES string of the molecule is Cc1cccc(Oc2cc(CNC3CC3)ccn2)c1. The fourth-order valence-corrected chi connectivity index (χ4v) is 1.97. The first-order valence-electron chi connectivity index (χ1n) is 6.72. The van der Waals surface area contributed by atoms with Gasteiger partial charge >= 0.3 is 0 Å². The van der Waals surface area contributed by atoms with E-state index >= 15 is 0 Å². The number of nitrogens with zero attached hydrogens (tertiary/aromatic N) is 1. The molecule has 0 aliphatic heterocycles. The third-order valence-electron chi connectivity index (χ3n) is 3.18. The van der Waals surface area contributed by atoms with Gasteiger partial charge in [0.25, 0.3) is 0 Å². The zero-order valence-electron chi connectivity index (χ0n) is 11.1. The van der Waals surface area contributed by atoms with E-state index in [1.54, 1.807) is 6.20 Å². The number of nitrogens with one attached hydrogen (secondary N) is 1. The van der Waals surface area contributed by atoms with Crippen LogP contribution in [0.15, 0.2) is 42.6 Å². The summed E-state index contributed by atoms with van der Waals surface area (Å²) < 4.78 is 5.78. The second-order valence-electron chi connectivity index (χ2n) is 5.08. The molecule has 0 radical (unpaired) electrons. The summed E-state index contributed by atoms with van der Waals surface area (Å²) in [5.74, 6) is 1.49. The molecule has 1 fully saturated rings. The number of aromatic nitrogens is 1. The summed E-state index contributed by atoms with van der Waals surface area (Å²) in [5, 5.41) is 3.49. The number of ether oxygens (including phenoxy) is 1. The molecule has 1 aliphatic rings. The largest absolute Gasteiger partial charge is 0.439 e. The lowest BCUT2D eigenvalue weighted by atomic mass is 10.2. The van der Waals surface area contributed by atoms with Crippen LogP contribution in [0.4, 0.5) is 0 Å². The smallest absolute Gasteiger partial charge is 0.219 e. The van der Waals surface area contributed by atoms with Crippen molar-refractivity contribution in [3.8, 4) is 11.6 Å². The minimum absolute atomic E-state index is 0.653. The lowest BCUT2D eigenvalue weighted by Crippen LogP contribution is -2.15. The lowest BCUT2D eigenvalue weighted by molar-refractivity contribution is 0.461. The number of aryl methyl sites for hydroxylation is 1. The van der Waals surface area contributed by atoms with Gasteiger partial charge in [0.2, 0.25) is 5.88 Å². The molecule has 3 nitrogen and oxygen atoms in total. The van der Waals surface area contributed by atoms with E-state index in [-0.39, 0.29) is 0 Å². The molecule has 0 atom stereocenters. The molecule has 19 heavy (non-hydrogen) atoms. The Morgan fingerprint density at radius 3 is 2.95 bits per heavy atom. The second-order valence-corrected chi connectivity index (χ2v) is 5.08. The summed E-state index contributed by atoms with van der Waals surface area (Å²) in [6.45, 7) is 2.94. The Bertz CT molecular complexity index is 564. The van der Waals surface area contributed by atoms with Gasteiger partial charge in [0.05, 0.1) is 0 Å². The predicted octanol–water partition coefficient (Wildman–Crippen LogP) is 3.43. The molecule has 2 aromatic rings. The molecular weight excluding hydrogens is 236 g/mol. The van der Waals surface area contributed by atoms with Crippen molar-refractivity contribution < 1.29 is 4.74 Å². The molecule has 0 amide bonds. The van der Waals surface area contributed by atoms with Crippen LogP contribution in [0.3, 0.4) is 0 Å². The Labute approximate surface area is 113 Å². The average molecular weight is 254 g/mol. The minimum atomic E-state index is 0.653. The van der Waals surface area contributed by atoms with Gasteiger partial charge in [0.1, 0.15) is 5.75 Å². The summed E-state index contributed by atoms with van der Waals surface area (Å²) in [4.78, 5) is 4.26. The van der Waals surface area contributed by atoms with Crippen LogP contribution < -0.4 is 10.1 Å². The van der Waals surface area contributed by atoms with Crippen LogP contribution in [0.5, 0.6) is 11.6 Å². The van der Waals surface area contributed by atoms with Crippen LogP contribution in [-0.4, -0.2) is 11.0 Å². The van der Waals surface area contributed by atoms with E-state index in [1.165, 1.54) is 24.0 Å². The molecule has 1 aromatic heterocycles. The number of hydrogen-bond acceptors (Lipinski definition) is 3. The van der Waals surface area contributed by atoms with Gasteiger partial charge in [0, 0.05) is 24.8 Å². The molecule has 0 unspecified atom stereocenters. The zero-order chi connectivity index (χ0) is 13.1. The van der Waals surface area contributed by atoms with Crippen LogP contribution in [0.25, 0.3) is 0 Å². The molecule has 1 saturated carbocycles. The summed E-state index contributed by atoms with van der Waals surface area (Å²) in [7, 11) is 0. The Kier molecular flexibility index (Phi) is 3.47. The van der Waals surface area contributed by atoms with Gasteiger partial charge in [-0.15, -0.1) is 0 Å². The van der Waals surface area contributed by atoms with Crippen molar-refractivity contribution in [1.29, 1.82) is 0 Å². The summed E-state index contributed by atoms with van der Waals surface area (Å²) in [5.41, 5.74) is 2.40. The molecule has 98 valence electrons. The monoisotopic (exact) mass is 254 g/mol. The minimum Gasteiger partial charge on any atom is -0.439 e. The van der Waals surface area contributed by atoms with Gasteiger partial charge in [-0.2, -0.15) is 0 Å². The first-order valence-corrected chi connectivity index (χ1v) is 6.72. The van der Waals surface area contributed by atoms with Crippen molar-refractivity contribution in [2.75, 3.05) is 0 Å². The van der Waals surface area contributed by atoms with Crippen molar-refractivity contribution in [2.24, 2.45) is 0 Å². The molecule has 0 spiro atoms. The summed E-state index contributed by atoms with van der Waals surface area (Å²) >= 11 is 0. The highest BCUT2D eigenvalue weighted by atomic mass is 16.5. The fourth-order valence-electron chi connectivity index (χ4n) is 1.97. The maximum atomic E-state index is 5.78. The molecule has 1 N–H and O–H groups in total. The molecule has 3 heteroatoms. The summed E-state index contributed by atoms with van der Waals surface area (Å²) in [6.07, 6.45) is 4.41. The maximum absolute atomic E-state index is 5.78. The lowest BCUT2D eigenvalue weighted by Gasteiger charge is -2.07. The topological polar surface area (TPSA) is 34.1 Å². The van der Waals surface area contributed by atoms with E-state index in [1.807, 2.05) is 30.3 Å². The Hall–Kier alpha value is -1.87. The van der Waals surface area contributed by atoms with Gasteiger partial charge in [0.15, 0.2) is 0 Å². The van der Waals surface area contributed by atoms with Crippen LogP contribution in [-0.2, 0) is 6.54 Å². The highest BCUT2D eigenvalue weighted by molar-refractivity contribution is 5.32. The third kappa shape index (κ3) is 3.55. The van der Waals surface area contributed by atoms with Crippen LogP contribution in [0.1, 0.15) is 24.0 Å². The third-order valence-corrected chi connectivity index (χ3v) is 3.18. The average Bonchev–Trinajstić information content (AvgIpc) is 3.21. The van der Waals surface area contributed by atoms with Gasteiger partial charge in [-0.05, 0) is 49.1 Å². The fraction of sp³-hybridized carbons (Fsp3) is 0.312. The van der Waals surface area contributed by atoms with Crippen LogP contribution in [0, 0.1) is 6.92 Å². The van der Waals surface area contributed by atoms with Crippen molar-refractivity contribution in [3.05, 3.63) is 53.7 Å². The first kappa shape index (κ1) is 12.2. The molecule has 0 bridgehead atoms. The normalized spacial score (nSPS) is 14.4. The Balaban J connectivity index is 1.67. The standard InChI is InChI=1S/C16H18N2O/c1-12-3-2-4-15(9-12)19-16-10-13(7-8-17-16)11-18-14-5-6-14/h2-4,7-10,14,18H,5-6,11H2,1H3. The van der Waals surface area contributed by atoms with E-state index in [9.17, 15) is 0 Å². The molecule has 1 heterocycles. The Morgan fingerprint density at radius 2 is 2.16 bits per heavy atom. The molecule has 1 aromatic carbocycles. The molecule has 0 saturated heterocycles.